The van der Waals surface area contributed by atoms with E-state index in [1.807, 2.05) is 41.3 Å². The van der Waals surface area contributed by atoms with E-state index in [0.29, 0.717) is 58.5 Å². The van der Waals surface area contributed by atoms with E-state index >= 15 is 0 Å². The van der Waals surface area contributed by atoms with Gasteiger partial charge in [-0.2, -0.15) is 13.2 Å². The number of amides is 1. The number of esters is 1. The predicted octanol–water partition coefficient (Wildman–Crippen LogP) is 9.96. The summed E-state index contributed by atoms with van der Waals surface area (Å²) < 4.78 is 53.6. The number of rotatable bonds is 12. The fourth-order valence-corrected chi connectivity index (χ4v) is 7.87. The van der Waals surface area contributed by atoms with Crippen LogP contribution in [-0.4, -0.2) is 52.2 Å². The highest BCUT2D eigenvalue weighted by atomic mass is 32.1. The summed E-state index contributed by atoms with van der Waals surface area (Å²) in [5.74, 6) is -2.98. The van der Waals surface area contributed by atoms with Gasteiger partial charge in [-0.25, -0.2) is 14.8 Å². The summed E-state index contributed by atoms with van der Waals surface area (Å²) >= 11 is 1.39. The number of benzene rings is 4. The summed E-state index contributed by atoms with van der Waals surface area (Å²) in [6, 6.07) is 27.3. The highest BCUT2D eigenvalue weighted by Crippen LogP contribution is 2.40. The number of halogens is 3. The third-order valence-corrected chi connectivity index (χ3v) is 10.8. The molecule has 1 amide bonds. The van der Waals surface area contributed by atoms with Crippen molar-refractivity contribution in [2.45, 2.75) is 51.7 Å². The lowest BCUT2D eigenvalue weighted by Gasteiger charge is -2.31. The molecular weight excluding hydrogens is 758 g/mol. The van der Waals surface area contributed by atoms with E-state index in [9.17, 15) is 32.7 Å². The molecule has 57 heavy (non-hydrogen) atoms. The number of hydrogen-bond donors (Lipinski definition) is 2. The van der Waals surface area contributed by atoms with Gasteiger partial charge in [-0.3, -0.25) is 14.9 Å². The number of carbonyl (C=O) groups is 3. The smallest absolute Gasteiger partial charge is 0.395 e. The first-order valence-electron chi connectivity index (χ1n) is 18.3. The van der Waals surface area contributed by atoms with Gasteiger partial charge in [0.2, 0.25) is 0 Å². The molecule has 0 saturated heterocycles. The van der Waals surface area contributed by atoms with Crippen LogP contribution >= 0.6 is 11.3 Å². The highest BCUT2D eigenvalue weighted by molar-refractivity contribution is 7.22. The zero-order chi connectivity index (χ0) is 40.3. The van der Waals surface area contributed by atoms with Crippen LogP contribution in [0.3, 0.4) is 0 Å². The molecule has 0 bridgehead atoms. The molecule has 0 radical (unpaired) electrons. The molecule has 2 N–H and O–H groups in total. The number of anilines is 2. The Morgan fingerprint density at radius 1 is 0.930 bits per heavy atom. The fourth-order valence-electron chi connectivity index (χ4n) is 7.01. The van der Waals surface area contributed by atoms with Crippen molar-refractivity contribution in [3.63, 3.8) is 0 Å². The molecule has 0 aliphatic carbocycles. The quantitative estimate of drug-likeness (QED) is 0.116. The van der Waals surface area contributed by atoms with Gasteiger partial charge in [0.15, 0.2) is 10.8 Å². The molecule has 1 atom stereocenters. The average molecular weight is 795 g/mol. The first kappa shape index (κ1) is 39.0. The first-order valence-corrected chi connectivity index (χ1v) is 19.1. The Balaban J connectivity index is 1.09. The molecule has 14 heteroatoms. The van der Waals surface area contributed by atoms with Crippen LogP contribution in [0.4, 0.5) is 24.1 Å². The number of thiazole rings is 1. The Morgan fingerprint density at radius 2 is 1.70 bits per heavy atom. The van der Waals surface area contributed by atoms with E-state index in [0.717, 1.165) is 21.3 Å². The summed E-state index contributed by atoms with van der Waals surface area (Å²) in [4.78, 5) is 49.1. The van der Waals surface area contributed by atoms with Crippen LogP contribution < -0.4 is 15.0 Å². The number of nitrogens with zero attached hydrogens (tertiary/aromatic N) is 3. The molecule has 0 unspecified atom stereocenters. The molecule has 10 nitrogen and oxygen atoms in total. The van der Waals surface area contributed by atoms with Crippen molar-refractivity contribution in [3.8, 4) is 22.6 Å². The minimum absolute atomic E-state index is 0.0111. The molecule has 0 fully saturated rings. The van der Waals surface area contributed by atoms with Crippen molar-refractivity contribution in [1.29, 1.82) is 0 Å². The molecule has 0 spiro atoms. The number of aromatic nitrogens is 2. The molecular formula is C43H37F3N4O6S. The second-order valence-corrected chi connectivity index (χ2v) is 14.5. The third kappa shape index (κ3) is 8.60. The van der Waals surface area contributed by atoms with E-state index < -0.39 is 30.5 Å². The maximum Gasteiger partial charge on any atom is 0.395 e. The topological polar surface area (TPSA) is 131 Å². The molecule has 7 rings (SSSR count). The van der Waals surface area contributed by atoms with Gasteiger partial charge in [-0.05, 0) is 103 Å². The number of ether oxygens (including phenoxy) is 2. The minimum Gasteiger partial charge on any atom is -0.476 e. The SMILES string of the molecule is CCOC(=O)CC[C@H](c1ccc(Oc2cccc(-c3ccc(N4CCc5cccc(C(=O)Nc6nc7ccccc7s6)c5C4)nc3C(=O)O)c2C)cc1)C(F)(F)F. The largest absolute Gasteiger partial charge is 0.476 e. The van der Waals surface area contributed by atoms with Gasteiger partial charge in [0, 0.05) is 30.6 Å². The van der Waals surface area contributed by atoms with Crippen molar-refractivity contribution >= 4 is 50.3 Å². The lowest BCUT2D eigenvalue weighted by Crippen LogP contribution is -2.33. The molecule has 3 heterocycles. The maximum atomic E-state index is 13.9. The Morgan fingerprint density at radius 3 is 2.44 bits per heavy atom. The summed E-state index contributed by atoms with van der Waals surface area (Å²) in [6.07, 6.45) is -4.76. The van der Waals surface area contributed by atoms with Gasteiger partial charge >= 0.3 is 18.1 Å². The number of alkyl halides is 3. The van der Waals surface area contributed by atoms with Crippen molar-refractivity contribution in [1.82, 2.24) is 9.97 Å². The number of para-hydroxylation sites is 1. The number of carboxylic acid groups (broad SMARTS) is 1. The van der Waals surface area contributed by atoms with Gasteiger partial charge in [0.05, 0.1) is 22.7 Å². The van der Waals surface area contributed by atoms with Crippen molar-refractivity contribution in [2.75, 3.05) is 23.4 Å². The van der Waals surface area contributed by atoms with Crippen LogP contribution in [0.5, 0.6) is 11.5 Å². The maximum absolute atomic E-state index is 13.9. The van der Waals surface area contributed by atoms with Gasteiger partial charge < -0.3 is 19.5 Å². The lowest BCUT2D eigenvalue weighted by atomic mass is 9.93. The lowest BCUT2D eigenvalue weighted by molar-refractivity contribution is -0.156. The van der Waals surface area contributed by atoms with Crippen molar-refractivity contribution in [3.05, 3.63) is 131 Å². The van der Waals surface area contributed by atoms with Gasteiger partial charge in [0.25, 0.3) is 5.91 Å². The normalized spacial score (nSPS) is 13.2. The monoisotopic (exact) mass is 794 g/mol. The Kier molecular flexibility index (Phi) is 11.2. The van der Waals surface area contributed by atoms with E-state index in [1.165, 1.54) is 35.6 Å². The van der Waals surface area contributed by atoms with Crippen LogP contribution in [0.25, 0.3) is 21.3 Å². The van der Waals surface area contributed by atoms with E-state index in [2.05, 4.69) is 15.3 Å². The summed E-state index contributed by atoms with van der Waals surface area (Å²) in [6.45, 7) is 4.33. The Labute approximate surface area is 329 Å². The third-order valence-electron chi connectivity index (χ3n) is 9.86. The summed E-state index contributed by atoms with van der Waals surface area (Å²) in [5, 5.41) is 13.8. The zero-order valence-corrected chi connectivity index (χ0v) is 31.7. The van der Waals surface area contributed by atoms with E-state index in [1.54, 1.807) is 50.2 Å². The summed E-state index contributed by atoms with van der Waals surface area (Å²) in [5.41, 5.74) is 4.46. The van der Waals surface area contributed by atoms with Crippen LogP contribution in [0, 0.1) is 6.92 Å². The number of carboxylic acids is 1. The number of hydrogen-bond acceptors (Lipinski definition) is 9. The van der Waals surface area contributed by atoms with Crippen LogP contribution in [0.2, 0.25) is 0 Å². The molecule has 1 aliphatic rings. The molecule has 2 aromatic heterocycles. The summed E-state index contributed by atoms with van der Waals surface area (Å²) in [7, 11) is 0. The number of aromatic carboxylic acids is 1. The average Bonchev–Trinajstić information content (AvgIpc) is 3.60. The fraction of sp³-hybridized carbons (Fsp3) is 0.233. The molecule has 0 saturated carbocycles. The number of carbonyl (C=O) groups excluding carboxylic acids is 2. The number of fused-ring (bicyclic) bond motifs is 2. The standard InChI is InChI=1S/C43H37F3N4O6S/c1-3-55-38(51)21-19-33(43(44,45)46)27-14-16-28(17-15-27)56-35-12-7-9-29(25(35)2)30-18-20-37(48-39(30)41(53)54)50-23-22-26-8-6-10-31(32(26)24-50)40(52)49-42-47-34-11-4-5-13-36(34)57-42/h4-18,20,33H,3,19,21-24H2,1-2H3,(H,53,54)(H,47,49,52)/t33-/m1/s1. The molecule has 6 aromatic rings. The Hall–Kier alpha value is -6.28. The minimum atomic E-state index is -4.57. The Bertz CT molecular complexity index is 2440. The highest BCUT2D eigenvalue weighted by Gasteiger charge is 2.40. The number of pyridine rings is 1. The van der Waals surface area contributed by atoms with E-state index in [4.69, 9.17) is 9.47 Å². The van der Waals surface area contributed by atoms with Crippen LogP contribution in [0.15, 0.2) is 97.1 Å². The van der Waals surface area contributed by atoms with Crippen LogP contribution in [0.1, 0.15) is 68.8 Å². The van der Waals surface area contributed by atoms with Crippen LogP contribution in [-0.2, 0) is 22.5 Å². The molecule has 4 aromatic carbocycles. The van der Waals surface area contributed by atoms with Gasteiger partial charge in [0.1, 0.15) is 17.3 Å². The van der Waals surface area contributed by atoms with Crippen molar-refractivity contribution in [2.24, 2.45) is 0 Å². The number of nitrogens with one attached hydrogen (secondary N) is 1. The van der Waals surface area contributed by atoms with Gasteiger partial charge in [-0.1, -0.05) is 59.9 Å². The second-order valence-electron chi connectivity index (χ2n) is 13.5. The molecule has 292 valence electrons. The predicted molar refractivity (Wildman–Crippen MR) is 211 cm³/mol. The van der Waals surface area contributed by atoms with E-state index in [-0.39, 0.29) is 35.9 Å². The van der Waals surface area contributed by atoms with Gasteiger partial charge in [-0.15, -0.1) is 0 Å². The van der Waals surface area contributed by atoms with Crippen molar-refractivity contribution < 1.29 is 42.1 Å². The molecule has 1 aliphatic heterocycles. The zero-order valence-electron chi connectivity index (χ0n) is 30.9. The second kappa shape index (κ2) is 16.4. The first-order chi connectivity index (χ1) is 27.4.